The van der Waals surface area contributed by atoms with Gasteiger partial charge in [-0.2, -0.15) is 0 Å². The van der Waals surface area contributed by atoms with E-state index in [4.69, 9.17) is 4.42 Å². The molecular formula is C14H16F2N2O. The van der Waals surface area contributed by atoms with Crippen LogP contribution in [0.1, 0.15) is 32.2 Å². The molecule has 1 heterocycles. The van der Waals surface area contributed by atoms with Crippen molar-refractivity contribution in [3.63, 3.8) is 0 Å². The number of hydrogen-bond acceptors (Lipinski definition) is 3. The Balaban J connectivity index is 2.18. The molecule has 0 saturated carbocycles. The van der Waals surface area contributed by atoms with E-state index in [0.29, 0.717) is 17.2 Å². The number of hydrogen-bond donors (Lipinski definition) is 1. The smallest absolute Gasteiger partial charge is 0.211 e. The average molecular weight is 266 g/mol. The molecule has 0 aliphatic carbocycles. The summed E-state index contributed by atoms with van der Waals surface area (Å²) in [5, 5.41) is 3.24. The Morgan fingerprint density at radius 1 is 1.32 bits per heavy atom. The van der Waals surface area contributed by atoms with Gasteiger partial charge in [0.05, 0.1) is 12.2 Å². The van der Waals surface area contributed by atoms with Crippen LogP contribution in [0.5, 0.6) is 0 Å². The minimum Gasteiger partial charge on any atom is -0.439 e. The Morgan fingerprint density at radius 3 is 2.79 bits per heavy atom. The van der Waals surface area contributed by atoms with E-state index in [1.54, 1.807) is 0 Å². The Morgan fingerprint density at radius 2 is 2.11 bits per heavy atom. The number of rotatable bonds is 5. The first-order valence-corrected chi connectivity index (χ1v) is 6.26. The number of nitrogens with zero attached hydrogens (tertiary/aromatic N) is 1. The predicted molar refractivity (Wildman–Crippen MR) is 68.6 cm³/mol. The van der Waals surface area contributed by atoms with E-state index in [2.05, 4.69) is 17.2 Å². The number of benzene rings is 1. The molecule has 3 nitrogen and oxygen atoms in total. The van der Waals surface area contributed by atoms with Gasteiger partial charge in [-0.1, -0.05) is 6.92 Å². The van der Waals surface area contributed by atoms with E-state index in [9.17, 15) is 8.78 Å². The van der Waals surface area contributed by atoms with Crippen LogP contribution >= 0.6 is 0 Å². The summed E-state index contributed by atoms with van der Waals surface area (Å²) < 4.78 is 31.6. The molecule has 102 valence electrons. The van der Waals surface area contributed by atoms with E-state index in [0.717, 1.165) is 25.1 Å². The molecule has 0 aliphatic heterocycles. The second-order valence-corrected chi connectivity index (χ2v) is 4.37. The topological polar surface area (TPSA) is 38.1 Å². The number of aromatic nitrogens is 1. The van der Waals surface area contributed by atoms with Crippen LogP contribution < -0.4 is 5.32 Å². The summed E-state index contributed by atoms with van der Waals surface area (Å²) in [5.41, 5.74) is 0.473. The second kappa shape index (κ2) is 5.93. The Bertz CT molecular complexity index is 554. The lowest BCUT2D eigenvalue weighted by Gasteiger charge is -2.08. The number of nitrogens with one attached hydrogen (secondary N) is 1. The zero-order valence-electron chi connectivity index (χ0n) is 10.9. The third kappa shape index (κ3) is 3.17. The minimum absolute atomic E-state index is 0.0148. The van der Waals surface area contributed by atoms with Gasteiger partial charge < -0.3 is 9.73 Å². The van der Waals surface area contributed by atoms with Gasteiger partial charge in [-0.25, -0.2) is 13.8 Å². The van der Waals surface area contributed by atoms with Gasteiger partial charge in [0.25, 0.3) is 0 Å². The van der Waals surface area contributed by atoms with Crippen molar-refractivity contribution in [1.29, 1.82) is 0 Å². The van der Waals surface area contributed by atoms with Crippen LogP contribution in [0.4, 0.5) is 8.78 Å². The van der Waals surface area contributed by atoms with Crippen molar-refractivity contribution in [2.75, 3.05) is 6.54 Å². The molecule has 1 aromatic carbocycles. The molecule has 1 aromatic heterocycles. The molecular weight excluding hydrogens is 250 g/mol. The van der Waals surface area contributed by atoms with Crippen LogP contribution in [0, 0.1) is 11.6 Å². The monoisotopic (exact) mass is 266 g/mol. The highest BCUT2D eigenvalue weighted by Crippen LogP contribution is 2.24. The minimum atomic E-state index is -0.896. The van der Waals surface area contributed by atoms with Crippen molar-refractivity contribution in [3.05, 3.63) is 41.9 Å². The van der Waals surface area contributed by atoms with Crippen molar-refractivity contribution in [3.8, 4) is 11.3 Å². The molecule has 0 fully saturated rings. The van der Waals surface area contributed by atoms with Gasteiger partial charge in [0.2, 0.25) is 5.89 Å². The van der Waals surface area contributed by atoms with Gasteiger partial charge in [-0.3, -0.25) is 0 Å². The van der Waals surface area contributed by atoms with Crippen molar-refractivity contribution < 1.29 is 13.2 Å². The normalized spacial score (nSPS) is 12.6. The maximum atomic E-state index is 13.1. The van der Waals surface area contributed by atoms with Gasteiger partial charge in [0.1, 0.15) is 0 Å². The summed E-state index contributed by atoms with van der Waals surface area (Å²) >= 11 is 0. The molecule has 2 aromatic rings. The molecule has 1 atom stereocenters. The molecule has 1 N–H and O–H groups in total. The molecule has 0 radical (unpaired) electrons. The Labute approximate surface area is 110 Å². The fourth-order valence-electron chi connectivity index (χ4n) is 1.72. The highest BCUT2D eigenvalue weighted by Gasteiger charge is 2.13. The van der Waals surface area contributed by atoms with E-state index < -0.39 is 11.6 Å². The highest BCUT2D eigenvalue weighted by atomic mass is 19.2. The zero-order chi connectivity index (χ0) is 13.8. The van der Waals surface area contributed by atoms with Gasteiger partial charge >= 0.3 is 0 Å². The first-order valence-electron chi connectivity index (χ1n) is 6.26. The molecule has 0 bridgehead atoms. The lowest BCUT2D eigenvalue weighted by atomic mass is 10.2. The van der Waals surface area contributed by atoms with E-state index in [1.807, 2.05) is 6.92 Å². The summed E-state index contributed by atoms with van der Waals surface area (Å²) in [6, 6.07) is 3.63. The first-order chi connectivity index (χ1) is 9.11. The van der Waals surface area contributed by atoms with E-state index in [1.165, 1.54) is 12.3 Å². The maximum absolute atomic E-state index is 13.1. The first kappa shape index (κ1) is 13.7. The lowest BCUT2D eigenvalue weighted by molar-refractivity contribution is 0.423. The van der Waals surface area contributed by atoms with E-state index >= 15 is 0 Å². The summed E-state index contributed by atoms with van der Waals surface area (Å²) in [6.07, 6.45) is 2.53. The number of oxazole rings is 1. The van der Waals surface area contributed by atoms with Crippen LogP contribution in [-0.4, -0.2) is 11.5 Å². The quantitative estimate of drug-likeness (QED) is 0.897. The van der Waals surface area contributed by atoms with E-state index in [-0.39, 0.29) is 6.04 Å². The van der Waals surface area contributed by atoms with Crippen molar-refractivity contribution in [1.82, 2.24) is 10.3 Å². The van der Waals surface area contributed by atoms with Crippen LogP contribution in [0.2, 0.25) is 0 Å². The van der Waals surface area contributed by atoms with Crippen LogP contribution in [0.3, 0.4) is 0 Å². The number of halogens is 2. The fraction of sp³-hybridized carbons (Fsp3) is 0.357. The molecule has 1 unspecified atom stereocenters. The molecule has 2 rings (SSSR count). The van der Waals surface area contributed by atoms with Crippen molar-refractivity contribution in [2.45, 2.75) is 26.3 Å². The summed E-state index contributed by atoms with van der Waals surface area (Å²) in [5.74, 6) is -0.804. The molecule has 5 heteroatoms. The third-order valence-corrected chi connectivity index (χ3v) is 2.80. The Hall–Kier alpha value is -1.75. The van der Waals surface area contributed by atoms with Crippen LogP contribution in [0.15, 0.2) is 28.8 Å². The maximum Gasteiger partial charge on any atom is 0.211 e. The van der Waals surface area contributed by atoms with Crippen molar-refractivity contribution >= 4 is 0 Å². The van der Waals surface area contributed by atoms with Gasteiger partial charge in [0.15, 0.2) is 17.4 Å². The van der Waals surface area contributed by atoms with Gasteiger partial charge in [-0.05, 0) is 38.1 Å². The van der Waals surface area contributed by atoms with Gasteiger partial charge in [0, 0.05) is 5.56 Å². The third-order valence-electron chi connectivity index (χ3n) is 2.80. The van der Waals surface area contributed by atoms with Crippen LogP contribution in [-0.2, 0) is 0 Å². The highest BCUT2D eigenvalue weighted by molar-refractivity contribution is 5.56. The Kier molecular flexibility index (Phi) is 4.27. The largest absolute Gasteiger partial charge is 0.439 e. The average Bonchev–Trinajstić information content (AvgIpc) is 2.89. The molecule has 0 aliphatic rings. The summed E-state index contributed by atoms with van der Waals surface area (Å²) in [7, 11) is 0. The SMILES string of the molecule is CCCNC(C)c1ncc(-c2ccc(F)c(F)c2)o1. The second-order valence-electron chi connectivity index (χ2n) is 4.37. The summed E-state index contributed by atoms with van der Waals surface area (Å²) in [4.78, 5) is 4.15. The van der Waals surface area contributed by atoms with Gasteiger partial charge in [-0.15, -0.1) is 0 Å². The molecule has 0 spiro atoms. The lowest BCUT2D eigenvalue weighted by Crippen LogP contribution is -2.19. The molecule has 0 saturated heterocycles. The molecule has 19 heavy (non-hydrogen) atoms. The summed E-state index contributed by atoms with van der Waals surface area (Å²) in [6.45, 7) is 4.88. The van der Waals surface area contributed by atoms with Crippen LogP contribution in [0.25, 0.3) is 11.3 Å². The zero-order valence-corrected chi connectivity index (χ0v) is 10.9. The predicted octanol–water partition coefficient (Wildman–Crippen LogP) is 3.68. The molecule has 0 amide bonds. The fourth-order valence-corrected chi connectivity index (χ4v) is 1.72. The standard InChI is InChI=1S/C14H16F2N2O/c1-3-6-17-9(2)14-18-8-13(19-14)10-4-5-11(15)12(16)7-10/h4-5,7-9,17H,3,6H2,1-2H3. The van der Waals surface area contributed by atoms with Crippen molar-refractivity contribution in [2.24, 2.45) is 0 Å².